The van der Waals surface area contributed by atoms with Crippen LogP contribution in [0.5, 0.6) is 0 Å². The third kappa shape index (κ3) is 3.07. The monoisotopic (exact) mass is 310 g/mol. The van der Waals surface area contributed by atoms with Gasteiger partial charge in [0.05, 0.1) is 0 Å². The van der Waals surface area contributed by atoms with Crippen molar-refractivity contribution < 1.29 is 0 Å². The van der Waals surface area contributed by atoms with E-state index in [2.05, 4.69) is 58.2 Å². The maximum absolute atomic E-state index is 3.60. The largest absolute Gasteiger partial charge is 0.371 e. The zero-order valence-electron chi connectivity index (χ0n) is 11.5. The second-order valence-electron chi connectivity index (χ2n) is 5.41. The van der Waals surface area contributed by atoms with Crippen LogP contribution in [0.4, 0.5) is 5.69 Å². The molecule has 1 N–H and O–H groups in total. The van der Waals surface area contributed by atoms with E-state index in [4.69, 9.17) is 0 Å². The minimum absolute atomic E-state index is 0.394. The van der Waals surface area contributed by atoms with Crippen molar-refractivity contribution in [3.8, 4) is 0 Å². The molecule has 0 aliphatic carbocycles. The Kier molecular flexibility index (Phi) is 4.68. The fraction of sp³-hybridized carbons (Fsp3) is 0.600. The highest BCUT2D eigenvalue weighted by Crippen LogP contribution is 2.32. The first-order chi connectivity index (χ1) is 8.61. The number of anilines is 1. The second-order valence-corrected chi connectivity index (χ2v) is 6.32. The van der Waals surface area contributed by atoms with Crippen LogP contribution in [-0.2, 0) is 0 Å². The minimum Gasteiger partial charge on any atom is -0.371 e. The Morgan fingerprint density at radius 1 is 1.44 bits per heavy atom. The van der Waals surface area contributed by atoms with Crippen molar-refractivity contribution in [2.75, 3.05) is 25.0 Å². The summed E-state index contributed by atoms with van der Waals surface area (Å²) in [5, 5.41) is 3.35. The molecule has 100 valence electrons. The Balaban J connectivity index is 2.31. The zero-order chi connectivity index (χ0) is 13.1. The first-order valence-electron chi connectivity index (χ1n) is 6.83. The lowest BCUT2D eigenvalue weighted by atomic mass is 9.97. The lowest BCUT2D eigenvalue weighted by Gasteiger charge is -2.35. The summed E-state index contributed by atoms with van der Waals surface area (Å²) >= 11 is 3.60. The Hall–Kier alpha value is -0.540. The topological polar surface area (TPSA) is 15.3 Å². The van der Waals surface area contributed by atoms with Crippen molar-refractivity contribution in [2.45, 2.75) is 32.7 Å². The summed E-state index contributed by atoms with van der Waals surface area (Å²) < 4.78 is 1.17. The lowest BCUT2D eigenvalue weighted by Crippen LogP contribution is -2.35. The quantitative estimate of drug-likeness (QED) is 0.909. The molecule has 0 spiro atoms. The van der Waals surface area contributed by atoms with Crippen LogP contribution in [-0.4, -0.2) is 20.1 Å². The SMILES string of the molecule is CNC(C)c1ccc(Br)cc1N1CCCC(C)C1. The number of benzene rings is 1. The van der Waals surface area contributed by atoms with E-state index in [9.17, 15) is 0 Å². The predicted octanol–water partition coefficient (Wildman–Crippen LogP) is 3.97. The van der Waals surface area contributed by atoms with Crippen LogP contribution < -0.4 is 10.2 Å². The fourth-order valence-corrected chi connectivity index (χ4v) is 3.07. The summed E-state index contributed by atoms with van der Waals surface area (Å²) in [5.41, 5.74) is 2.78. The Labute approximate surface area is 119 Å². The van der Waals surface area contributed by atoms with Crippen LogP contribution in [0, 0.1) is 5.92 Å². The molecule has 2 rings (SSSR count). The third-order valence-corrected chi connectivity index (χ3v) is 4.38. The van der Waals surface area contributed by atoms with E-state index in [0.29, 0.717) is 6.04 Å². The number of nitrogens with one attached hydrogen (secondary N) is 1. The molecule has 2 nitrogen and oxygen atoms in total. The number of hydrogen-bond acceptors (Lipinski definition) is 2. The van der Waals surface area contributed by atoms with Crippen molar-refractivity contribution in [3.63, 3.8) is 0 Å². The molecule has 1 aliphatic rings. The third-order valence-electron chi connectivity index (χ3n) is 3.89. The molecule has 0 amide bonds. The highest BCUT2D eigenvalue weighted by molar-refractivity contribution is 9.10. The van der Waals surface area contributed by atoms with Crippen molar-refractivity contribution in [1.29, 1.82) is 0 Å². The van der Waals surface area contributed by atoms with Crippen molar-refractivity contribution in [3.05, 3.63) is 28.2 Å². The maximum atomic E-state index is 3.60. The van der Waals surface area contributed by atoms with Crippen molar-refractivity contribution in [1.82, 2.24) is 5.32 Å². The van der Waals surface area contributed by atoms with Gasteiger partial charge in [-0.1, -0.05) is 28.9 Å². The summed E-state index contributed by atoms with van der Waals surface area (Å²) in [6, 6.07) is 7.03. The van der Waals surface area contributed by atoms with E-state index in [1.807, 2.05) is 7.05 Å². The summed E-state index contributed by atoms with van der Waals surface area (Å²) in [6.45, 7) is 6.94. The van der Waals surface area contributed by atoms with Crippen LogP contribution in [0.3, 0.4) is 0 Å². The van der Waals surface area contributed by atoms with Gasteiger partial charge in [-0.3, -0.25) is 0 Å². The van der Waals surface area contributed by atoms with Gasteiger partial charge < -0.3 is 10.2 Å². The minimum atomic E-state index is 0.394. The normalized spacial score (nSPS) is 22.0. The molecule has 0 bridgehead atoms. The van der Waals surface area contributed by atoms with Crippen LogP contribution >= 0.6 is 15.9 Å². The van der Waals surface area contributed by atoms with Gasteiger partial charge in [-0.05, 0) is 50.4 Å². The van der Waals surface area contributed by atoms with Gasteiger partial charge in [0, 0.05) is 29.3 Å². The molecule has 1 saturated heterocycles. The van der Waals surface area contributed by atoms with Crippen LogP contribution in [0.2, 0.25) is 0 Å². The van der Waals surface area contributed by atoms with Crippen LogP contribution in [0.25, 0.3) is 0 Å². The molecule has 1 aromatic rings. The average molecular weight is 311 g/mol. The molecular formula is C15H23BrN2. The molecule has 2 atom stereocenters. The lowest BCUT2D eigenvalue weighted by molar-refractivity contribution is 0.445. The smallest absolute Gasteiger partial charge is 0.0426 e. The highest BCUT2D eigenvalue weighted by Gasteiger charge is 2.20. The first kappa shape index (κ1) is 13.9. The van der Waals surface area contributed by atoms with Crippen molar-refractivity contribution in [2.24, 2.45) is 5.92 Å². The molecule has 2 unspecified atom stereocenters. The number of nitrogens with zero attached hydrogens (tertiary/aromatic N) is 1. The Morgan fingerprint density at radius 3 is 2.89 bits per heavy atom. The Bertz CT molecular complexity index is 405. The van der Waals surface area contributed by atoms with E-state index in [0.717, 1.165) is 5.92 Å². The molecule has 1 aliphatic heterocycles. The van der Waals surface area contributed by atoms with Crippen LogP contribution in [0.15, 0.2) is 22.7 Å². The predicted molar refractivity (Wildman–Crippen MR) is 82.2 cm³/mol. The maximum Gasteiger partial charge on any atom is 0.0426 e. The Morgan fingerprint density at radius 2 is 2.22 bits per heavy atom. The van der Waals surface area contributed by atoms with Crippen molar-refractivity contribution >= 4 is 21.6 Å². The highest BCUT2D eigenvalue weighted by atomic mass is 79.9. The molecule has 1 fully saturated rings. The molecule has 18 heavy (non-hydrogen) atoms. The van der Waals surface area contributed by atoms with Gasteiger partial charge in [0.1, 0.15) is 0 Å². The number of rotatable bonds is 3. The fourth-order valence-electron chi connectivity index (χ4n) is 2.72. The first-order valence-corrected chi connectivity index (χ1v) is 7.62. The molecule has 0 saturated carbocycles. The second kappa shape index (κ2) is 6.07. The van der Waals surface area contributed by atoms with Gasteiger partial charge in [-0.2, -0.15) is 0 Å². The van der Waals surface area contributed by atoms with E-state index in [1.54, 1.807) is 0 Å². The van der Waals surface area contributed by atoms with E-state index in [1.165, 1.54) is 41.7 Å². The van der Waals surface area contributed by atoms with Gasteiger partial charge in [-0.15, -0.1) is 0 Å². The standard InChI is InChI=1S/C15H23BrN2/c1-11-5-4-8-18(10-11)15-9-13(16)6-7-14(15)12(2)17-3/h6-7,9,11-12,17H,4-5,8,10H2,1-3H3. The molecule has 1 heterocycles. The molecule has 3 heteroatoms. The van der Waals surface area contributed by atoms with Gasteiger partial charge in [0.15, 0.2) is 0 Å². The molecular weight excluding hydrogens is 288 g/mol. The molecule has 0 radical (unpaired) electrons. The van der Waals surface area contributed by atoms with Crippen LogP contribution in [0.1, 0.15) is 38.3 Å². The number of hydrogen-bond donors (Lipinski definition) is 1. The number of piperidine rings is 1. The summed E-state index contributed by atoms with van der Waals surface area (Å²) in [6.07, 6.45) is 2.67. The summed E-state index contributed by atoms with van der Waals surface area (Å²) in [5.74, 6) is 0.801. The van der Waals surface area contributed by atoms with Gasteiger partial charge >= 0.3 is 0 Å². The average Bonchev–Trinajstić information content (AvgIpc) is 2.38. The summed E-state index contributed by atoms with van der Waals surface area (Å²) in [4.78, 5) is 2.54. The number of halogens is 1. The van der Waals surface area contributed by atoms with Gasteiger partial charge in [0.2, 0.25) is 0 Å². The van der Waals surface area contributed by atoms with E-state index >= 15 is 0 Å². The van der Waals surface area contributed by atoms with E-state index in [-0.39, 0.29) is 0 Å². The van der Waals surface area contributed by atoms with Gasteiger partial charge in [-0.25, -0.2) is 0 Å². The molecule has 0 aromatic heterocycles. The van der Waals surface area contributed by atoms with Gasteiger partial charge in [0.25, 0.3) is 0 Å². The van der Waals surface area contributed by atoms with E-state index < -0.39 is 0 Å². The summed E-state index contributed by atoms with van der Waals surface area (Å²) in [7, 11) is 2.02. The molecule has 1 aromatic carbocycles. The zero-order valence-corrected chi connectivity index (χ0v) is 13.1.